The molecule has 106 valence electrons. The molecule has 1 aliphatic heterocycles. The summed E-state index contributed by atoms with van der Waals surface area (Å²) in [5, 5.41) is 3.84. The van der Waals surface area contributed by atoms with Crippen molar-refractivity contribution >= 4 is 11.8 Å². The van der Waals surface area contributed by atoms with E-state index in [4.69, 9.17) is 0 Å². The number of rotatable bonds is 5. The first kappa shape index (κ1) is 14.9. The molecule has 1 saturated heterocycles. The summed E-state index contributed by atoms with van der Waals surface area (Å²) in [7, 11) is 2.23. The van der Waals surface area contributed by atoms with Crippen LogP contribution in [0.4, 0.5) is 0 Å². The SMILES string of the molecule is CC(C)NC1(CSc2ccccc2)CCN(C)CC1. The average molecular weight is 278 g/mol. The molecule has 0 bridgehead atoms. The fourth-order valence-electron chi connectivity index (χ4n) is 2.73. The molecule has 1 heterocycles. The van der Waals surface area contributed by atoms with Gasteiger partial charge < -0.3 is 10.2 Å². The van der Waals surface area contributed by atoms with Crippen LogP contribution in [0.1, 0.15) is 26.7 Å². The van der Waals surface area contributed by atoms with Crippen molar-refractivity contribution in [2.45, 2.75) is 43.2 Å². The Morgan fingerprint density at radius 1 is 1.21 bits per heavy atom. The quantitative estimate of drug-likeness (QED) is 0.832. The molecule has 0 atom stereocenters. The molecule has 2 nitrogen and oxygen atoms in total. The van der Waals surface area contributed by atoms with Gasteiger partial charge in [0.2, 0.25) is 0 Å². The lowest BCUT2D eigenvalue weighted by molar-refractivity contribution is 0.166. The number of hydrogen-bond acceptors (Lipinski definition) is 3. The summed E-state index contributed by atoms with van der Waals surface area (Å²) >= 11 is 1.99. The summed E-state index contributed by atoms with van der Waals surface area (Å²) in [4.78, 5) is 3.82. The van der Waals surface area contributed by atoms with Gasteiger partial charge in [0.1, 0.15) is 0 Å². The van der Waals surface area contributed by atoms with Crippen molar-refractivity contribution in [2.24, 2.45) is 0 Å². The van der Waals surface area contributed by atoms with Crippen LogP contribution in [0.5, 0.6) is 0 Å². The van der Waals surface area contributed by atoms with Crippen molar-refractivity contribution < 1.29 is 0 Å². The Morgan fingerprint density at radius 2 is 1.84 bits per heavy atom. The van der Waals surface area contributed by atoms with Gasteiger partial charge in [0, 0.05) is 22.2 Å². The largest absolute Gasteiger partial charge is 0.308 e. The van der Waals surface area contributed by atoms with Crippen molar-refractivity contribution in [3.63, 3.8) is 0 Å². The lowest BCUT2D eigenvalue weighted by Gasteiger charge is -2.42. The monoisotopic (exact) mass is 278 g/mol. The summed E-state index contributed by atoms with van der Waals surface area (Å²) in [6.45, 7) is 6.92. The van der Waals surface area contributed by atoms with Crippen LogP contribution in [0, 0.1) is 0 Å². The first-order valence-electron chi connectivity index (χ1n) is 7.24. The maximum absolute atomic E-state index is 3.84. The molecule has 1 aromatic carbocycles. The highest BCUT2D eigenvalue weighted by molar-refractivity contribution is 7.99. The number of nitrogens with one attached hydrogen (secondary N) is 1. The maximum atomic E-state index is 3.84. The third-order valence-electron chi connectivity index (χ3n) is 3.80. The highest BCUT2D eigenvalue weighted by Gasteiger charge is 2.33. The number of thioether (sulfide) groups is 1. The van der Waals surface area contributed by atoms with Crippen LogP contribution in [0.15, 0.2) is 35.2 Å². The van der Waals surface area contributed by atoms with Gasteiger partial charge in [0.05, 0.1) is 0 Å². The van der Waals surface area contributed by atoms with Crippen LogP contribution in [0.3, 0.4) is 0 Å². The molecule has 0 radical (unpaired) electrons. The van der Waals surface area contributed by atoms with Gasteiger partial charge in [-0.05, 0) is 45.1 Å². The third-order valence-corrected chi connectivity index (χ3v) is 5.10. The van der Waals surface area contributed by atoms with Gasteiger partial charge in [-0.3, -0.25) is 0 Å². The van der Waals surface area contributed by atoms with Crippen LogP contribution < -0.4 is 5.32 Å². The summed E-state index contributed by atoms with van der Waals surface area (Å²) in [6.07, 6.45) is 2.50. The average Bonchev–Trinajstić information content (AvgIpc) is 2.41. The molecular weight excluding hydrogens is 252 g/mol. The highest BCUT2D eigenvalue weighted by atomic mass is 32.2. The molecule has 19 heavy (non-hydrogen) atoms. The maximum Gasteiger partial charge on any atom is 0.0302 e. The minimum absolute atomic E-state index is 0.307. The van der Waals surface area contributed by atoms with E-state index in [9.17, 15) is 0 Å². The molecule has 1 aromatic rings. The van der Waals surface area contributed by atoms with Crippen LogP contribution >= 0.6 is 11.8 Å². The fraction of sp³-hybridized carbons (Fsp3) is 0.625. The summed E-state index contributed by atoms with van der Waals surface area (Å²) in [6, 6.07) is 11.3. The van der Waals surface area contributed by atoms with E-state index in [1.165, 1.54) is 36.6 Å². The van der Waals surface area contributed by atoms with Gasteiger partial charge in [-0.2, -0.15) is 0 Å². The Hall–Kier alpha value is -0.510. The van der Waals surface area contributed by atoms with E-state index in [2.05, 4.69) is 61.4 Å². The lowest BCUT2D eigenvalue weighted by atomic mass is 9.89. The zero-order valence-corrected chi connectivity index (χ0v) is 13.2. The molecule has 1 fully saturated rings. The summed E-state index contributed by atoms with van der Waals surface area (Å²) < 4.78 is 0. The number of benzene rings is 1. The van der Waals surface area contributed by atoms with Gasteiger partial charge in [0.25, 0.3) is 0 Å². The van der Waals surface area contributed by atoms with Crippen molar-refractivity contribution in [1.82, 2.24) is 10.2 Å². The molecule has 1 N–H and O–H groups in total. The Labute approximate surface area is 122 Å². The molecule has 0 unspecified atom stereocenters. The van der Waals surface area contributed by atoms with E-state index < -0.39 is 0 Å². The smallest absolute Gasteiger partial charge is 0.0302 e. The van der Waals surface area contributed by atoms with E-state index in [0.717, 1.165) is 0 Å². The zero-order valence-electron chi connectivity index (χ0n) is 12.4. The third kappa shape index (κ3) is 4.51. The molecular formula is C16H26N2S. The van der Waals surface area contributed by atoms with Crippen molar-refractivity contribution in [1.29, 1.82) is 0 Å². The first-order valence-corrected chi connectivity index (χ1v) is 8.22. The minimum atomic E-state index is 0.307. The predicted molar refractivity (Wildman–Crippen MR) is 84.9 cm³/mol. The molecule has 2 rings (SSSR count). The zero-order chi connectivity index (χ0) is 13.7. The molecule has 0 spiro atoms. The van der Waals surface area contributed by atoms with Crippen LogP contribution in [0.25, 0.3) is 0 Å². The molecule has 1 aliphatic rings. The second-order valence-corrected chi connectivity index (χ2v) is 7.03. The van der Waals surface area contributed by atoms with Gasteiger partial charge in [-0.1, -0.05) is 32.0 Å². The molecule has 3 heteroatoms. The highest BCUT2D eigenvalue weighted by Crippen LogP contribution is 2.30. The number of likely N-dealkylation sites (tertiary alicyclic amines) is 1. The fourth-order valence-corrected chi connectivity index (χ4v) is 3.89. The van der Waals surface area contributed by atoms with Crippen LogP contribution in [-0.2, 0) is 0 Å². The molecule has 0 aliphatic carbocycles. The first-order chi connectivity index (χ1) is 9.10. The van der Waals surface area contributed by atoms with Gasteiger partial charge in [-0.15, -0.1) is 11.8 Å². The van der Waals surface area contributed by atoms with E-state index >= 15 is 0 Å². The number of hydrogen-bond donors (Lipinski definition) is 1. The second kappa shape index (κ2) is 6.78. The molecule has 0 amide bonds. The Morgan fingerprint density at radius 3 is 2.42 bits per heavy atom. The van der Waals surface area contributed by atoms with Crippen LogP contribution in [-0.4, -0.2) is 42.4 Å². The van der Waals surface area contributed by atoms with Crippen molar-refractivity contribution in [3.05, 3.63) is 30.3 Å². The lowest BCUT2D eigenvalue weighted by Crippen LogP contribution is -2.56. The van der Waals surface area contributed by atoms with E-state index in [0.29, 0.717) is 11.6 Å². The normalized spacial score (nSPS) is 19.8. The topological polar surface area (TPSA) is 15.3 Å². The summed E-state index contributed by atoms with van der Waals surface area (Å²) in [5.74, 6) is 1.17. The predicted octanol–water partition coefficient (Wildman–Crippen LogP) is 3.24. The Kier molecular flexibility index (Phi) is 5.31. The van der Waals surface area contributed by atoms with E-state index in [1.54, 1.807) is 0 Å². The summed E-state index contributed by atoms with van der Waals surface area (Å²) in [5.41, 5.74) is 0.307. The van der Waals surface area contributed by atoms with E-state index in [-0.39, 0.29) is 0 Å². The van der Waals surface area contributed by atoms with Crippen LogP contribution in [0.2, 0.25) is 0 Å². The van der Waals surface area contributed by atoms with Gasteiger partial charge in [-0.25, -0.2) is 0 Å². The molecule has 0 saturated carbocycles. The minimum Gasteiger partial charge on any atom is -0.308 e. The van der Waals surface area contributed by atoms with Gasteiger partial charge in [0.15, 0.2) is 0 Å². The molecule has 0 aromatic heterocycles. The van der Waals surface area contributed by atoms with E-state index in [1.807, 2.05) is 11.8 Å². The van der Waals surface area contributed by atoms with Crippen molar-refractivity contribution in [2.75, 3.05) is 25.9 Å². The van der Waals surface area contributed by atoms with Gasteiger partial charge >= 0.3 is 0 Å². The Balaban J connectivity index is 1.98. The number of nitrogens with zero attached hydrogens (tertiary/aromatic N) is 1. The number of piperidine rings is 1. The standard InChI is InChI=1S/C16H26N2S/c1-14(2)17-16(9-11-18(3)12-10-16)13-19-15-7-5-4-6-8-15/h4-8,14,17H,9-13H2,1-3H3. The second-order valence-electron chi connectivity index (χ2n) is 5.98. The van der Waals surface area contributed by atoms with Crippen molar-refractivity contribution in [3.8, 4) is 0 Å². The Bertz CT molecular complexity index is 370.